The lowest BCUT2D eigenvalue weighted by atomic mass is 9.96. The van der Waals surface area contributed by atoms with Gasteiger partial charge in [-0.05, 0) is 37.1 Å². The maximum atomic E-state index is 3.80. The second kappa shape index (κ2) is 59.2. The normalized spacial score (nSPS) is 10.6. The van der Waals surface area contributed by atoms with Gasteiger partial charge in [-0.15, -0.1) is 0 Å². The maximum absolute atomic E-state index is 3.80. The molecule has 0 fully saturated rings. The third-order valence-corrected chi connectivity index (χ3v) is 5.27. The summed E-state index contributed by atoms with van der Waals surface area (Å²) in [5.74, 6) is 2.49. The van der Waals surface area contributed by atoms with Crippen LogP contribution in [0.3, 0.4) is 0 Å². The highest BCUT2D eigenvalue weighted by molar-refractivity contribution is 4.72. The summed E-state index contributed by atoms with van der Waals surface area (Å²) in [7, 11) is 0. The third kappa shape index (κ3) is 71.9. The van der Waals surface area contributed by atoms with E-state index in [2.05, 4.69) is 74.6 Å². The first kappa shape index (κ1) is 51.6. The third-order valence-electron chi connectivity index (χ3n) is 5.27. The highest BCUT2D eigenvalue weighted by Gasteiger charge is 2.13. The number of nitrogens with one attached hydrogen (secondary N) is 1. The summed E-state index contributed by atoms with van der Waals surface area (Å²) in [6.07, 6.45) is 14.9. The maximum Gasteiger partial charge on any atom is 0.00901 e. The van der Waals surface area contributed by atoms with Crippen LogP contribution in [0.4, 0.5) is 0 Å². The largest absolute Gasteiger partial charge is 0.313 e. The summed E-state index contributed by atoms with van der Waals surface area (Å²) in [5, 5.41) is 3.80. The molecule has 0 radical (unpaired) electrons. The molecule has 2 unspecified atom stereocenters. The highest BCUT2D eigenvalue weighted by Crippen LogP contribution is 2.13. The topological polar surface area (TPSA) is 12.0 Å². The smallest absolute Gasteiger partial charge is 0.00901 e. The number of hydrogen-bond acceptors (Lipinski definition) is 1. The Kier molecular flexibility index (Phi) is 87.3. The molecule has 0 aromatic rings. The van der Waals surface area contributed by atoms with Crippen LogP contribution >= 0.6 is 0 Å². The number of hydrogen-bond donors (Lipinski definition) is 1. The van der Waals surface area contributed by atoms with Crippen molar-refractivity contribution < 1.29 is 0 Å². The van der Waals surface area contributed by atoms with Gasteiger partial charge in [0, 0.05) is 6.04 Å². The molecular formula is C34H83N. The lowest BCUT2D eigenvalue weighted by Crippen LogP contribution is -2.36. The van der Waals surface area contributed by atoms with E-state index < -0.39 is 0 Å². The molecule has 2 atom stereocenters. The lowest BCUT2D eigenvalue weighted by Gasteiger charge is -2.24. The van der Waals surface area contributed by atoms with Crippen molar-refractivity contribution in [3.05, 3.63) is 0 Å². The van der Waals surface area contributed by atoms with Gasteiger partial charge in [-0.25, -0.2) is 0 Å². The van der Waals surface area contributed by atoms with E-state index in [0.717, 1.165) is 23.8 Å². The minimum Gasteiger partial charge on any atom is -0.313 e. The summed E-state index contributed by atoms with van der Waals surface area (Å²) in [5.41, 5.74) is 0. The quantitative estimate of drug-likeness (QED) is 0.231. The first-order chi connectivity index (χ1) is 16.8. The zero-order valence-electron chi connectivity index (χ0n) is 29.3. The molecule has 224 valence electrons. The minimum absolute atomic E-state index is 0.727. The molecule has 1 N–H and O–H groups in total. The van der Waals surface area contributed by atoms with Gasteiger partial charge in [0.15, 0.2) is 0 Å². The zero-order valence-corrected chi connectivity index (χ0v) is 29.3. The van der Waals surface area contributed by atoms with E-state index in [0.29, 0.717) is 0 Å². The molecule has 0 aliphatic heterocycles. The van der Waals surface area contributed by atoms with Crippen molar-refractivity contribution in [2.75, 3.05) is 6.54 Å². The summed E-state index contributed by atoms with van der Waals surface area (Å²) in [6.45, 7) is 39.9. The van der Waals surface area contributed by atoms with E-state index in [4.69, 9.17) is 0 Å². The SMILES string of the molecule is CC.CC.CC.CC.CCC(C)C.CCCC.CCCCCC(C)CNC(CCCCC)C(C)C. The fourth-order valence-electron chi connectivity index (χ4n) is 2.48. The Morgan fingerprint density at radius 3 is 1.09 bits per heavy atom. The molecule has 0 aliphatic rings. The molecule has 1 nitrogen and oxygen atoms in total. The fraction of sp³-hybridized carbons (Fsp3) is 1.00. The monoisotopic (exact) mass is 506 g/mol. The van der Waals surface area contributed by atoms with Gasteiger partial charge in [0.1, 0.15) is 0 Å². The average molecular weight is 506 g/mol. The van der Waals surface area contributed by atoms with Crippen LogP contribution in [0.1, 0.15) is 195 Å². The minimum atomic E-state index is 0.727. The Morgan fingerprint density at radius 1 is 0.486 bits per heavy atom. The molecule has 0 bridgehead atoms. The lowest BCUT2D eigenvalue weighted by molar-refractivity contribution is 0.335. The molecule has 0 aromatic carbocycles. The Bertz CT molecular complexity index is 233. The number of rotatable bonds is 14. The average Bonchev–Trinajstić information content (AvgIpc) is 2.91. The second-order valence-electron chi connectivity index (χ2n) is 9.16. The van der Waals surface area contributed by atoms with E-state index >= 15 is 0 Å². The molecule has 35 heavy (non-hydrogen) atoms. The Morgan fingerprint density at radius 2 is 0.829 bits per heavy atom. The van der Waals surface area contributed by atoms with Gasteiger partial charge in [-0.3, -0.25) is 0 Å². The van der Waals surface area contributed by atoms with Crippen LogP contribution in [0.2, 0.25) is 0 Å². The summed E-state index contributed by atoms with van der Waals surface area (Å²) >= 11 is 0. The Hall–Kier alpha value is -0.0400. The van der Waals surface area contributed by atoms with Crippen molar-refractivity contribution in [1.29, 1.82) is 0 Å². The van der Waals surface area contributed by atoms with E-state index in [9.17, 15) is 0 Å². The zero-order chi connectivity index (χ0) is 29.5. The second-order valence-corrected chi connectivity index (χ2v) is 9.16. The molecule has 0 amide bonds. The van der Waals surface area contributed by atoms with Crippen LogP contribution in [-0.2, 0) is 0 Å². The predicted octanol–water partition coefficient (Wildman–Crippen LogP) is 13.4. The summed E-state index contributed by atoms with van der Waals surface area (Å²) in [4.78, 5) is 0. The van der Waals surface area contributed by atoms with Gasteiger partial charge in [0.2, 0.25) is 0 Å². The fourth-order valence-corrected chi connectivity index (χ4v) is 2.48. The van der Waals surface area contributed by atoms with Gasteiger partial charge in [0.05, 0.1) is 0 Å². The molecule has 0 spiro atoms. The van der Waals surface area contributed by atoms with E-state index in [-0.39, 0.29) is 0 Å². The first-order valence-electron chi connectivity index (χ1n) is 16.5. The van der Waals surface area contributed by atoms with Crippen LogP contribution in [0, 0.1) is 17.8 Å². The van der Waals surface area contributed by atoms with Crippen LogP contribution in [-0.4, -0.2) is 12.6 Å². The molecule has 0 saturated carbocycles. The summed E-state index contributed by atoms with van der Waals surface area (Å²) < 4.78 is 0. The number of unbranched alkanes of at least 4 members (excludes halogenated alkanes) is 5. The van der Waals surface area contributed by atoms with Crippen molar-refractivity contribution >= 4 is 0 Å². The van der Waals surface area contributed by atoms with Crippen molar-refractivity contribution in [3.63, 3.8) is 0 Å². The standard InChI is InChI=1S/C17H37N.C5H12.C4H10.4C2H6/c1-6-8-10-12-16(5)14-18-17(15(3)4)13-11-9-7-2;1-4-5(2)3;1-3-4-2;4*1-2/h15-18H,6-14H2,1-5H3;5H,4H2,1-3H3;3-4H2,1-2H3;4*1-2H3. The Balaban J connectivity index is -0.0000000757. The van der Waals surface area contributed by atoms with Crippen LogP contribution in [0.15, 0.2) is 0 Å². The van der Waals surface area contributed by atoms with Gasteiger partial charge in [0.25, 0.3) is 0 Å². The van der Waals surface area contributed by atoms with Crippen molar-refractivity contribution in [2.45, 2.75) is 201 Å². The molecule has 1 heteroatoms. The van der Waals surface area contributed by atoms with Crippen molar-refractivity contribution in [2.24, 2.45) is 17.8 Å². The van der Waals surface area contributed by atoms with Gasteiger partial charge in [-0.2, -0.15) is 0 Å². The van der Waals surface area contributed by atoms with E-state index in [1.54, 1.807) is 0 Å². The first-order valence-corrected chi connectivity index (χ1v) is 16.5. The van der Waals surface area contributed by atoms with Gasteiger partial charge in [-0.1, -0.05) is 182 Å². The summed E-state index contributed by atoms with van der Waals surface area (Å²) in [6, 6.07) is 0.727. The molecular weight excluding hydrogens is 422 g/mol. The van der Waals surface area contributed by atoms with Crippen molar-refractivity contribution in [1.82, 2.24) is 5.32 Å². The highest BCUT2D eigenvalue weighted by atomic mass is 14.9. The van der Waals surface area contributed by atoms with Gasteiger partial charge >= 0.3 is 0 Å². The van der Waals surface area contributed by atoms with Crippen LogP contribution in [0.5, 0.6) is 0 Å². The molecule has 0 heterocycles. The molecule has 0 rings (SSSR count). The van der Waals surface area contributed by atoms with E-state index in [1.807, 2.05) is 55.4 Å². The van der Waals surface area contributed by atoms with Gasteiger partial charge < -0.3 is 5.32 Å². The molecule has 0 aliphatic carbocycles. The van der Waals surface area contributed by atoms with E-state index in [1.165, 1.54) is 77.2 Å². The Labute approximate surface area is 230 Å². The van der Waals surface area contributed by atoms with Crippen LogP contribution < -0.4 is 5.32 Å². The van der Waals surface area contributed by atoms with Crippen molar-refractivity contribution in [3.8, 4) is 0 Å². The molecule has 0 aromatic heterocycles. The predicted molar refractivity (Wildman–Crippen MR) is 175 cm³/mol. The molecule has 0 saturated heterocycles. The van der Waals surface area contributed by atoms with Crippen LogP contribution in [0.25, 0.3) is 0 Å².